The Labute approximate surface area is 110 Å². The molecule has 0 unspecified atom stereocenters. The number of benzene rings is 1. The molecule has 1 amide bonds. The summed E-state index contributed by atoms with van der Waals surface area (Å²) in [5, 5.41) is 3.46. The summed E-state index contributed by atoms with van der Waals surface area (Å²) in [6, 6.07) is 10.2. The summed E-state index contributed by atoms with van der Waals surface area (Å²) in [4.78, 5) is 15.5. The standard InChI is InChI=1S/C13H15N3OS/c1-14-12(17)10-18-13-15-7-8-16(13)9-11-5-3-2-4-6-11/h2-8H,9-10H2,1H3,(H,14,17). The van der Waals surface area contributed by atoms with Crippen molar-refractivity contribution < 1.29 is 4.79 Å². The summed E-state index contributed by atoms with van der Waals surface area (Å²) in [6.45, 7) is 0.775. The van der Waals surface area contributed by atoms with Crippen LogP contribution in [-0.2, 0) is 11.3 Å². The predicted octanol–water partition coefficient (Wildman–Crippen LogP) is 1.77. The topological polar surface area (TPSA) is 46.9 Å². The van der Waals surface area contributed by atoms with Gasteiger partial charge in [0.25, 0.3) is 0 Å². The van der Waals surface area contributed by atoms with Crippen molar-refractivity contribution >= 4 is 17.7 Å². The molecule has 0 spiro atoms. The molecule has 2 aromatic rings. The van der Waals surface area contributed by atoms with Crippen LogP contribution >= 0.6 is 11.8 Å². The van der Waals surface area contributed by atoms with Crippen LogP contribution in [-0.4, -0.2) is 28.3 Å². The Morgan fingerprint density at radius 2 is 2.17 bits per heavy atom. The maximum atomic E-state index is 11.2. The summed E-state index contributed by atoms with van der Waals surface area (Å²) in [5.74, 6) is 0.400. The molecule has 1 aromatic heterocycles. The average molecular weight is 261 g/mol. The van der Waals surface area contributed by atoms with E-state index in [1.54, 1.807) is 13.2 Å². The van der Waals surface area contributed by atoms with Gasteiger partial charge in [-0.3, -0.25) is 4.79 Å². The quantitative estimate of drug-likeness (QED) is 0.834. The highest BCUT2D eigenvalue weighted by atomic mass is 32.2. The Hall–Kier alpha value is -1.75. The number of amides is 1. The van der Waals surface area contributed by atoms with E-state index < -0.39 is 0 Å². The zero-order chi connectivity index (χ0) is 12.8. The van der Waals surface area contributed by atoms with Gasteiger partial charge in [-0.1, -0.05) is 42.1 Å². The Balaban J connectivity index is 2.02. The van der Waals surface area contributed by atoms with Gasteiger partial charge in [0, 0.05) is 26.0 Å². The lowest BCUT2D eigenvalue weighted by Gasteiger charge is -2.07. The minimum absolute atomic E-state index is 0.00858. The molecule has 4 nitrogen and oxygen atoms in total. The summed E-state index contributed by atoms with van der Waals surface area (Å²) < 4.78 is 2.04. The van der Waals surface area contributed by atoms with Crippen molar-refractivity contribution in [1.29, 1.82) is 0 Å². The van der Waals surface area contributed by atoms with Crippen LogP contribution in [0.25, 0.3) is 0 Å². The molecule has 0 atom stereocenters. The fraction of sp³-hybridized carbons (Fsp3) is 0.231. The van der Waals surface area contributed by atoms with Crippen molar-refractivity contribution in [2.75, 3.05) is 12.8 Å². The van der Waals surface area contributed by atoms with Gasteiger partial charge in [0.15, 0.2) is 5.16 Å². The number of imidazole rings is 1. The first-order chi connectivity index (χ1) is 8.79. The maximum absolute atomic E-state index is 11.2. The van der Waals surface area contributed by atoms with E-state index in [2.05, 4.69) is 22.4 Å². The van der Waals surface area contributed by atoms with E-state index in [0.717, 1.165) is 11.7 Å². The number of carbonyl (C=O) groups excluding carboxylic acids is 1. The van der Waals surface area contributed by atoms with Crippen LogP contribution < -0.4 is 5.32 Å². The van der Waals surface area contributed by atoms with E-state index in [-0.39, 0.29) is 5.91 Å². The Kier molecular flexibility index (Phi) is 4.41. The van der Waals surface area contributed by atoms with Gasteiger partial charge < -0.3 is 9.88 Å². The van der Waals surface area contributed by atoms with Gasteiger partial charge in [0.2, 0.25) is 5.91 Å². The molecule has 0 bridgehead atoms. The first-order valence-electron chi connectivity index (χ1n) is 5.68. The largest absolute Gasteiger partial charge is 0.358 e. The third kappa shape index (κ3) is 3.37. The second kappa shape index (κ2) is 6.26. The molecule has 0 aliphatic rings. The molecule has 2 rings (SSSR count). The molecular formula is C13H15N3OS. The molecule has 5 heteroatoms. The molecule has 1 aromatic carbocycles. The SMILES string of the molecule is CNC(=O)CSc1nccn1Cc1ccccc1. The van der Waals surface area contributed by atoms with E-state index >= 15 is 0 Å². The van der Waals surface area contributed by atoms with Crippen molar-refractivity contribution in [3.05, 3.63) is 48.3 Å². The first-order valence-corrected chi connectivity index (χ1v) is 6.66. The smallest absolute Gasteiger partial charge is 0.230 e. The Morgan fingerprint density at radius 3 is 2.89 bits per heavy atom. The molecule has 0 fully saturated rings. The number of nitrogens with zero attached hydrogens (tertiary/aromatic N) is 2. The van der Waals surface area contributed by atoms with Crippen LogP contribution in [0.2, 0.25) is 0 Å². The van der Waals surface area contributed by atoms with E-state index in [4.69, 9.17) is 0 Å². The molecule has 1 heterocycles. The van der Waals surface area contributed by atoms with Gasteiger partial charge in [-0.05, 0) is 5.56 Å². The molecule has 18 heavy (non-hydrogen) atoms. The molecule has 94 valence electrons. The average Bonchev–Trinajstić information content (AvgIpc) is 2.84. The van der Waals surface area contributed by atoms with Gasteiger partial charge in [0.1, 0.15) is 0 Å². The number of nitrogens with one attached hydrogen (secondary N) is 1. The van der Waals surface area contributed by atoms with Crippen molar-refractivity contribution in [1.82, 2.24) is 14.9 Å². The summed E-state index contributed by atoms with van der Waals surface area (Å²) in [5.41, 5.74) is 1.22. The van der Waals surface area contributed by atoms with Crippen LogP contribution in [0.15, 0.2) is 47.9 Å². The monoisotopic (exact) mass is 261 g/mol. The van der Waals surface area contributed by atoms with Crippen molar-refractivity contribution in [3.63, 3.8) is 0 Å². The highest BCUT2D eigenvalue weighted by Gasteiger charge is 2.06. The number of carbonyl (C=O) groups is 1. The molecule has 0 saturated carbocycles. The zero-order valence-corrected chi connectivity index (χ0v) is 11.0. The normalized spacial score (nSPS) is 10.3. The fourth-order valence-electron chi connectivity index (χ4n) is 1.54. The molecule has 0 aliphatic carbocycles. The van der Waals surface area contributed by atoms with Crippen LogP contribution in [0.5, 0.6) is 0 Å². The van der Waals surface area contributed by atoms with E-state index in [1.807, 2.05) is 29.0 Å². The zero-order valence-electron chi connectivity index (χ0n) is 10.2. The lowest BCUT2D eigenvalue weighted by atomic mass is 10.2. The second-order valence-corrected chi connectivity index (χ2v) is 4.73. The summed E-state index contributed by atoms with van der Waals surface area (Å²) >= 11 is 1.45. The number of hydrogen-bond acceptors (Lipinski definition) is 3. The third-order valence-electron chi connectivity index (χ3n) is 2.48. The van der Waals surface area contributed by atoms with Crippen LogP contribution in [0.4, 0.5) is 0 Å². The Bertz CT molecular complexity index is 510. The highest BCUT2D eigenvalue weighted by molar-refractivity contribution is 7.99. The van der Waals surface area contributed by atoms with Gasteiger partial charge in [-0.25, -0.2) is 4.98 Å². The number of rotatable bonds is 5. The van der Waals surface area contributed by atoms with Crippen molar-refractivity contribution in [3.8, 4) is 0 Å². The lowest BCUT2D eigenvalue weighted by Crippen LogP contribution is -2.20. The summed E-state index contributed by atoms with van der Waals surface area (Å²) in [6.07, 6.45) is 3.69. The maximum Gasteiger partial charge on any atom is 0.230 e. The third-order valence-corrected chi connectivity index (χ3v) is 3.49. The highest BCUT2D eigenvalue weighted by Crippen LogP contribution is 2.16. The molecule has 0 radical (unpaired) electrons. The van der Waals surface area contributed by atoms with Crippen molar-refractivity contribution in [2.24, 2.45) is 0 Å². The first kappa shape index (κ1) is 12.7. The molecule has 0 aliphatic heterocycles. The van der Waals surface area contributed by atoms with E-state index in [9.17, 15) is 4.79 Å². The van der Waals surface area contributed by atoms with E-state index in [1.165, 1.54) is 17.3 Å². The van der Waals surface area contributed by atoms with Gasteiger partial charge in [0.05, 0.1) is 5.75 Å². The summed E-state index contributed by atoms with van der Waals surface area (Å²) in [7, 11) is 1.64. The lowest BCUT2D eigenvalue weighted by molar-refractivity contribution is -0.118. The van der Waals surface area contributed by atoms with Gasteiger partial charge in [-0.15, -0.1) is 0 Å². The van der Waals surface area contributed by atoms with Crippen LogP contribution in [0.3, 0.4) is 0 Å². The number of aromatic nitrogens is 2. The van der Waals surface area contributed by atoms with Crippen molar-refractivity contribution in [2.45, 2.75) is 11.7 Å². The van der Waals surface area contributed by atoms with Gasteiger partial charge >= 0.3 is 0 Å². The second-order valence-electron chi connectivity index (χ2n) is 3.79. The molecular weight excluding hydrogens is 246 g/mol. The predicted molar refractivity (Wildman–Crippen MR) is 72.6 cm³/mol. The van der Waals surface area contributed by atoms with Gasteiger partial charge in [-0.2, -0.15) is 0 Å². The number of hydrogen-bond donors (Lipinski definition) is 1. The van der Waals surface area contributed by atoms with E-state index in [0.29, 0.717) is 5.75 Å². The molecule has 1 N–H and O–H groups in total. The fourth-order valence-corrected chi connectivity index (χ4v) is 2.37. The molecule has 0 saturated heterocycles. The van der Waals surface area contributed by atoms with Crippen LogP contribution in [0.1, 0.15) is 5.56 Å². The number of thioether (sulfide) groups is 1. The van der Waals surface area contributed by atoms with Crippen LogP contribution in [0, 0.1) is 0 Å². The minimum atomic E-state index is 0.00858. The minimum Gasteiger partial charge on any atom is -0.358 e. The Morgan fingerprint density at radius 1 is 1.39 bits per heavy atom.